The quantitative estimate of drug-likeness (QED) is 0.128. The maximum atomic E-state index is 13.0. The molecule has 0 spiro atoms. The molecule has 10 N–H and O–H groups in total. The highest BCUT2D eigenvalue weighted by Crippen LogP contribution is 2.37. The molecule has 45 heavy (non-hydrogen) atoms. The van der Waals surface area contributed by atoms with Gasteiger partial charge in [-0.1, -0.05) is 11.8 Å². The first-order valence-electron chi connectivity index (χ1n) is 13.7. The van der Waals surface area contributed by atoms with E-state index in [4.69, 9.17) is 18.9 Å². The van der Waals surface area contributed by atoms with Crippen LogP contribution in [0.15, 0.2) is 36.4 Å². The molecule has 2 aromatic carbocycles. The third-order valence-electron chi connectivity index (χ3n) is 7.41. The van der Waals surface area contributed by atoms with E-state index in [1.807, 2.05) is 0 Å². The molecule has 2 amide bonds. The summed E-state index contributed by atoms with van der Waals surface area (Å²) in [4.78, 5) is 26.0. The molecule has 2 heterocycles. The van der Waals surface area contributed by atoms with Gasteiger partial charge in [0.05, 0.1) is 39.5 Å². The average molecular weight is 657 g/mol. The number of hydrogen-bond donors (Lipinski definition) is 10. The van der Waals surface area contributed by atoms with Crippen LogP contribution in [0, 0.1) is 0 Å². The van der Waals surface area contributed by atoms with E-state index in [1.54, 1.807) is 0 Å². The Morgan fingerprint density at radius 2 is 1.07 bits per heavy atom. The van der Waals surface area contributed by atoms with Crippen LogP contribution in [-0.4, -0.2) is 140 Å². The van der Waals surface area contributed by atoms with Crippen molar-refractivity contribution in [1.82, 2.24) is 10.6 Å². The number of carbonyl (C=O) groups is 2. The number of carbonyl (C=O) groups excluding carboxylic acids is 2. The zero-order valence-corrected chi connectivity index (χ0v) is 24.9. The topological polar surface area (TPSA) is 257 Å². The number of hydrogen-bond acceptors (Lipinski definition) is 15. The fourth-order valence-corrected chi connectivity index (χ4v) is 6.35. The molecular formula is C28H36N2O14S. The van der Waals surface area contributed by atoms with E-state index < -0.39 is 84.6 Å². The van der Waals surface area contributed by atoms with E-state index >= 15 is 0 Å². The Morgan fingerprint density at radius 1 is 0.689 bits per heavy atom. The van der Waals surface area contributed by atoms with Gasteiger partial charge in [0.1, 0.15) is 70.5 Å². The van der Waals surface area contributed by atoms with Crippen molar-refractivity contribution in [2.45, 2.75) is 59.6 Å². The molecule has 2 aliphatic heterocycles. The summed E-state index contributed by atoms with van der Waals surface area (Å²) in [5.41, 5.74) is -2.85. The van der Waals surface area contributed by atoms with Crippen molar-refractivity contribution >= 4 is 23.6 Å². The highest BCUT2D eigenvalue weighted by atomic mass is 32.2. The van der Waals surface area contributed by atoms with Crippen LogP contribution in [0.3, 0.4) is 0 Å². The van der Waals surface area contributed by atoms with Gasteiger partial charge in [-0.25, -0.2) is 0 Å². The number of phenolic OH excluding ortho intramolecular Hbond substituents is 2. The van der Waals surface area contributed by atoms with Gasteiger partial charge in [0.2, 0.25) is 0 Å². The first-order chi connectivity index (χ1) is 21.4. The third kappa shape index (κ3) is 7.71. The second-order valence-electron chi connectivity index (χ2n) is 10.4. The zero-order chi connectivity index (χ0) is 33.0. The number of aliphatic hydroxyl groups is 6. The number of aliphatic hydroxyl groups excluding tert-OH is 6. The van der Waals surface area contributed by atoms with Gasteiger partial charge in [0.15, 0.2) is 0 Å². The van der Waals surface area contributed by atoms with Gasteiger partial charge in [0.25, 0.3) is 11.8 Å². The summed E-state index contributed by atoms with van der Waals surface area (Å²) in [6, 6.07) is 4.60. The molecule has 2 fully saturated rings. The Hall–Kier alpha value is -3.39. The lowest BCUT2D eigenvalue weighted by Crippen LogP contribution is -2.66. The van der Waals surface area contributed by atoms with Crippen LogP contribution in [0.2, 0.25) is 0 Å². The fraction of sp³-hybridized carbons (Fsp3) is 0.500. The van der Waals surface area contributed by atoms with Crippen molar-refractivity contribution in [3.8, 4) is 23.0 Å². The first kappa shape index (κ1) is 34.5. The van der Waals surface area contributed by atoms with Crippen molar-refractivity contribution in [3.05, 3.63) is 47.5 Å². The van der Waals surface area contributed by atoms with E-state index in [0.29, 0.717) is 11.8 Å². The number of phenols is 2. The minimum Gasteiger partial charge on any atom is -0.508 e. The van der Waals surface area contributed by atoms with Crippen molar-refractivity contribution in [2.75, 3.05) is 27.4 Å². The third-order valence-corrected chi connectivity index (χ3v) is 8.73. The maximum Gasteiger partial charge on any atom is 0.251 e. The molecule has 0 unspecified atom stereocenters. The van der Waals surface area contributed by atoms with Crippen LogP contribution in [0.1, 0.15) is 20.7 Å². The molecule has 0 radical (unpaired) electrons. The normalized spacial score (nSPS) is 31.6. The summed E-state index contributed by atoms with van der Waals surface area (Å²) < 4.78 is 21.4. The van der Waals surface area contributed by atoms with Crippen LogP contribution < -0.4 is 20.1 Å². The molecule has 10 atom stereocenters. The summed E-state index contributed by atoms with van der Waals surface area (Å²) in [5, 5.41) is 88.4. The van der Waals surface area contributed by atoms with Gasteiger partial charge in [-0.2, -0.15) is 0 Å². The van der Waals surface area contributed by atoms with Crippen molar-refractivity contribution < 1.29 is 69.4 Å². The number of benzene rings is 2. The van der Waals surface area contributed by atoms with Crippen LogP contribution in [0.5, 0.6) is 23.0 Å². The summed E-state index contributed by atoms with van der Waals surface area (Å²) >= 11 is 0.659. The highest BCUT2D eigenvalue weighted by molar-refractivity contribution is 8.00. The minimum atomic E-state index is -1.67. The lowest BCUT2D eigenvalue weighted by molar-refractivity contribution is -0.175. The van der Waals surface area contributed by atoms with Gasteiger partial charge >= 0.3 is 0 Å². The molecule has 2 aromatic rings. The molecule has 0 saturated carbocycles. The smallest absolute Gasteiger partial charge is 0.251 e. The number of methoxy groups -OCH3 is 2. The Kier molecular flexibility index (Phi) is 11.3. The summed E-state index contributed by atoms with van der Waals surface area (Å²) in [6.07, 6.45) is -9.16. The molecule has 0 aromatic heterocycles. The van der Waals surface area contributed by atoms with E-state index in [0.717, 1.165) is 12.1 Å². The summed E-state index contributed by atoms with van der Waals surface area (Å²) in [6.45, 7) is -1.45. The van der Waals surface area contributed by atoms with E-state index in [1.165, 1.54) is 38.5 Å². The van der Waals surface area contributed by atoms with Crippen LogP contribution in [0.25, 0.3) is 0 Å². The highest BCUT2D eigenvalue weighted by Gasteiger charge is 2.50. The zero-order valence-electron chi connectivity index (χ0n) is 24.1. The Bertz CT molecular complexity index is 1250. The number of amides is 2. The molecule has 16 nitrogen and oxygen atoms in total. The number of thioether (sulfide) groups is 1. The number of aromatic hydroxyl groups is 2. The van der Waals surface area contributed by atoms with Gasteiger partial charge in [-0.15, -0.1) is 0 Å². The van der Waals surface area contributed by atoms with E-state index in [-0.39, 0.29) is 34.1 Å². The fourth-order valence-electron chi connectivity index (χ4n) is 5.01. The van der Waals surface area contributed by atoms with Crippen molar-refractivity contribution in [3.63, 3.8) is 0 Å². The van der Waals surface area contributed by atoms with Crippen LogP contribution >= 0.6 is 11.8 Å². The lowest BCUT2D eigenvalue weighted by Gasteiger charge is -2.46. The monoisotopic (exact) mass is 656 g/mol. The number of ether oxygens (including phenoxy) is 4. The average Bonchev–Trinajstić information content (AvgIpc) is 3.02. The molecule has 2 saturated heterocycles. The number of rotatable bonds is 10. The molecular weight excluding hydrogens is 620 g/mol. The second-order valence-corrected chi connectivity index (χ2v) is 11.6. The van der Waals surface area contributed by atoms with Crippen molar-refractivity contribution in [2.24, 2.45) is 0 Å². The first-order valence-corrected chi connectivity index (χ1v) is 14.6. The maximum absolute atomic E-state index is 13.0. The molecule has 2 aliphatic rings. The predicted molar refractivity (Wildman–Crippen MR) is 155 cm³/mol. The largest absolute Gasteiger partial charge is 0.508 e. The Morgan fingerprint density at radius 3 is 1.40 bits per heavy atom. The SMILES string of the molecule is COc1cc(O)cc(C(=O)N[C@H]2[C@@H](O)[C@@H](CO)O[C@@H](S[C@@H]3O[C@H](CO)[C@H](O)[C@H](NC(=O)c4cc(O)cc(OC)c4)[C@H]3O)[C@@H]2O)c1. The molecule has 0 bridgehead atoms. The summed E-state index contributed by atoms with van der Waals surface area (Å²) in [7, 11) is 2.66. The standard InChI is InChI=1S/C28H36N2O14S/c1-41-15-5-11(3-13(33)7-15)25(39)29-19-21(35)17(9-31)43-27(23(19)37)45-28-24(38)20(22(36)18(10-32)44-28)30-26(40)12-4-14(34)8-16(6-12)42-2/h3-8,17-24,27-28,31-38H,9-10H2,1-2H3,(H,29,39)(H,30,40)/t17-,18-,19+,20+,21+,22+,23-,24-,27+,28+/m1/s1. The van der Waals surface area contributed by atoms with Gasteiger partial charge in [-0.3, -0.25) is 9.59 Å². The lowest BCUT2D eigenvalue weighted by atomic mass is 9.96. The Labute approximate surface area is 261 Å². The Balaban J connectivity index is 1.53. The summed E-state index contributed by atoms with van der Waals surface area (Å²) in [5.74, 6) is -1.82. The van der Waals surface area contributed by atoms with E-state index in [9.17, 15) is 50.4 Å². The van der Waals surface area contributed by atoms with E-state index in [2.05, 4.69) is 10.6 Å². The van der Waals surface area contributed by atoms with Gasteiger partial charge in [-0.05, 0) is 24.3 Å². The van der Waals surface area contributed by atoms with Gasteiger partial charge < -0.3 is 70.4 Å². The molecule has 0 aliphatic carbocycles. The van der Waals surface area contributed by atoms with Crippen LogP contribution in [0.4, 0.5) is 0 Å². The van der Waals surface area contributed by atoms with Gasteiger partial charge in [0, 0.05) is 23.3 Å². The second kappa shape index (κ2) is 14.8. The minimum absolute atomic E-state index is 0.0590. The molecule has 4 rings (SSSR count). The van der Waals surface area contributed by atoms with Crippen LogP contribution in [-0.2, 0) is 9.47 Å². The predicted octanol–water partition coefficient (Wildman–Crippen LogP) is -2.38. The molecule has 17 heteroatoms. The molecule has 248 valence electrons. The number of nitrogens with one attached hydrogen (secondary N) is 2. The van der Waals surface area contributed by atoms with Crippen molar-refractivity contribution in [1.29, 1.82) is 0 Å².